The summed E-state index contributed by atoms with van der Waals surface area (Å²) in [6.07, 6.45) is 0. The summed E-state index contributed by atoms with van der Waals surface area (Å²) in [6, 6.07) is 14.4. The first-order chi connectivity index (χ1) is 13.4. The standard InChI is InChI=1S/C20H17BrClN3O3/c1-12-19(13(2)25(24-12)15-6-4-3-5-7-15)23-18(26)11-28-20(27)16-10-14(21)8-9-17(16)22/h3-10H,11H2,1-2H3,(H,23,26). The molecule has 28 heavy (non-hydrogen) atoms. The number of carbonyl (C=O) groups is 2. The number of nitrogens with one attached hydrogen (secondary N) is 1. The van der Waals surface area contributed by atoms with Crippen molar-refractivity contribution in [2.45, 2.75) is 13.8 Å². The van der Waals surface area contributed by atoms with E-state index in [-0.39, 0.29) is 10.6 Å². The molecule has 0 radical (unpaired) electrons. The molecular formula is C20H17BrClN3O3. The molecule has 0 spiro atoms. The topological polar surface area (TPSA) is 73.2 Å². The monoisotopic (exact) mass is 461 g/mol. The Balaban J connectivity index is 1.68. The number of para-hydroxylation sites is 1. The Hall–Kier alpha value is -2.64. The molecule has 1 heterocycles. The minimum atomic E-state index is -0.671. The average Bonchev–Trinajstić information content (AvgIpc) is 2.97. The Morgan fingerprint density at radius 1 is 1.18 bits per heavy atom. The molecule has 8 heteroatoms. The first-order valence-corrected chi connectivity index (χ1v) is 9.57. The minimum Gasteiger partial charge on any atom is -0.452 e. The number of nitrogens with zero attached hydrogens (tertiary/aromatic N) is 2. The summed E-state index contributed by atoms with van der Waals surface area (Å²) in [5.41, 5.74) is 3.10. The quantitative estimate of drug-likeness (QED) is 0.558. The van der Waals surface area contributed by atoms with Crippen LogP contribution in [0.4, 0.5) is 5.69 Å². The van der Waals surface area contributed by atoms with Gasteiger partial charge in [0.2, 0.25) is 0 Å². The van der Waals surface area contributed by atoms with E-state index in [1.165, 1.54) is 0 Å². The molecule has 1 amide bonds. The smallest absolute Gasteiger partial charge is 0.340 e. The van der Waals surface area contributed by atoms with Gasteiger partial charge in [-0.1, -0.05) is 45.7 Å². The van der Waals surface area contributed by atoms with Crippen molar-refractivity contribution >= 4 is 45.1 Å². The Morgan fingerprint density at radius 2 is 1.89 bits per heavy atom. The van der Waals surface area contributed by atoms with Gasteiger partial charge >= 0.3 is 5.97 Å². The van der Waals surface area contributed by atoms with Gasteiger partial charge in [0.05, 0.1) is 33.3 Å². The van der Waals surface area contributed by atoms with E-state index in [4.69, 9.17) is 16.3 Å². The number of esters is 1. The number of anilines is 1. The number of ether oxygens (including phenoxy) is 1. The molecule has 3 rings (SSSR count). The number of aromatic nitrogens is 2. The van der Waals surface area contributed by atoms with E-state index in [1.807, 2.05) is 37.3 Å². The van der Waals surface area contributed by atoms with Crippen LogP contribution in [0.5, 0.6) is 0 Å². The van der Waals surface area contributed by atoms with E-state index in [0.717, 1.165) is 11.4 Å². The lowest BCUT2D eigenvalue weighted by molar-refractivity contribution is -0.119. The summed E-state index contributed by atoms with van der Waals surface area (Å²) in [4.78, 5) is 24.5. The third kappa shape index (κ3) is 4.43. The van der Waals surface area contributed by atoms with Crippen LogP contribution in [-0.4, -0.2) is 28.3 Å². The first kappa shape index (κ1) is 20.1. The van der Waals surface area contributed by atoms with Crippen LogP contribution in [0.1, 0.15) is 21.7 Å². The number of amides is 1. The Bertz CT molecular complexity index is 1030. The van der Waals surface area contributed by atoms with Crippen molar-refractivity contribution in [1.29, 1.82) is 0 Å². The maximum absolute atomic E-state index is 12.3. The molecule has 2 aromatic carbocycles. The number of hydrogen-bond donors (Lipinski definition) is 1. The molecule has 0 atom stereocenters. The fourth-order valence-electron chi connectivity index (χ4n) is 2.68. The minimum absolute atomic E-state index is 0.188. The molecule has 0 saturated carbocycles. The number of benzene rings is 2. The number of rotatable bonds is 5. The van der Waals surface area contributed by atoms with Crippen molar-refractivity contribution in [2.75, 3.05) is 11.9 Å². The second-order valence-electron chi connectivity index (χ2n) is 6.04. The van der Waals surface area contributed by atoms with E-state index >= 15 is 0 Å². The lowest BCUT2D eigenvalue weighted by atomic mass is 10.2. The highest BCUT2D eigenvalue weighted by atomic mass is 79.9. The van der Waals surface area contributed by atoms with Gasteiger partial charge in [0, 0.05) is 4.47 Å². The fourth-order valence-corrected chi connectivity index (χ4v) is 3.24. The predicted octanol–water partition coefficient (Wildman–Crippen LogP) is 4.70. The van der Waals surface area contributed by atoms with Crippen LogP contribution in [-0.2, 0) is 9.53 Å². The summed E-state index contributed by atoms with van der Waals surface area (Å²) < 4.78 is 7.52. The average molecular weight is 463 g/mol. The molecule has 144 valence electrons. The van der Waals surface area contributed by atoms with Crippen molar-refractivity contribution in [2.24, 2.45) is 0 Å². The third-order valence-electron chi connectivity index (χ3n) is 4.04. The van der Waals surface area contributed by atoms with Crippen LogP contribution in [0, 0.1) is 13.8 Å². The Labute approximate surface area is 175 Å². The number of aryl methyl sites for hydroxylation is 1. The van der Waals surface area contributed by atoms with E-state index in [1.54, 1.807) is 29.8 Å². The molecule has 1 N–H and O–H groups in total. The lowest BCUT2D eigenvalue weighted by Gasteiger charge is -2.09. The Morgan fingerprint density at radius 3 is 2.61 bits per heavy atom. The van der Waals surface area contributed by atoms with Crippen molar-refractivity contribution in [3.05, 3.63) is 75.0 Å². The van der Waals surface area contributed by atoms with E-state index < -0.39 is 18.5 Å². The van der Waals surface area contributed by atoms with Crippen LogP contribution in [0.25, 0.3) is 5.69 Å². The van der Waals surface area contributed by atoms with Gasteiger partial charge in [0.1, 0.15) is 0 Å². The molecular weight excluding hydrogens is 446 g/mol. The van der Waals surface area contributed by atoms with E-state index in [0.29, 0.717) is 15.9 Å². The Kier molecular flexibility index (Phi) is 6.16. The maximum Gasteiger partial charge on any atom is 0.340 e. The number of hydrogen-bond acceptors (Lipinski definition) is 4. The largest absolute Gasteiger partial charge is 0.452 e. The summed E-state index contributed by atoms with van der Waals surface area (Å²) in [6.45, 7) is 3.22. The second-order valence-corrected chi connectivity index (χ2v) is 7.36. The van der Waals surface area contributed by atoms with Crippen LogP contribution < -0.4 is 5.32 Å². The summed E-state index contributed by atoms with van der Waals surface area (Å²) in [5, 5.41) is 7.48. The highest BCUT2D eigenvalue weighted by Crippen LogP contribution is 2.23. The molecule has 0 aliphatic carbocycles. The van der Waals surface area contributed by atoms with Crippen molar-refractivity contribution < 1.29 is 14.3 Å². The zero-order chi connectivity index (χ0) is 20.3. The van der Waals surface area contributed by atoms with Gasteiger partial charge < -0.3 is 10.1 Å². The van der Waals surface area contributed by atoms with Crippen LogP contribution in [0.3, 0.4) is 0 Å². The number of carbonyl (C=O) groups excluding carboxylic acids is 2. The van der Waals surface area contributed by atoms with Gasteiger partial charge in [0.15, 0.2) is 6.61 Å². The van der Waals surface area contributed by atoms with Crippen molar-refractivity contribution in [3.8, 4) is 5.69 Å². The van der Waals surface area contributed by atoms with Gasteiger partial charge in [-0.25, -0.2) is 9.48 Å². The maximum atomic E-state index is 12.3. The fraction of sp³-hybridized carbons (Fsp3) is 0.150. The van der Waals surface area contributed by atoms with Gasteiger partial charge in [-0.05, 0) is 44.2 Å². The molecule has 1 aromatic heterocycles. The van der Waals surface area contributed by atoms with Crippen molar-refractivity contribution in [1.82, 2.24) is 9.78 Å². The normalized spacial score (nSPS) is 10.6. The highest BCUT2D eigenvalue weighted by molar-refractivity contribution is 9.10. The molecule has 0 fully saturated rings. The second kappa shape index (κ2) is 8.58. The zero-order valence-electron chi connectivity index (χ0n) is 15.2. The van der Waals surface area contributed by atoms with Gasteiger partial charge in [-0.15, -0.1) is 0 Å². The van der Waals surface area contributed by atoms with Crippen LogP contribution >= 0.6 is 27.5 Å². The molecule has 0 saturated heterocycles. The van der Waals surface area contributed by atoms with Crippen LogP contribution in [0.15, 0.2) is 53.0 Å². The van der Waals surface area contributed by atoms with E-state index in [2.05, 4.69) is 26.3 Å². The SMILES string of the molecule is Cc1nn(-c2ccccc2)c(C)c1NC(=O)COC(=O)c1cc(Br)ccc1Cl. The molecule has 0 unspecified atom stereocenters. The highest BCUT2D eigenvalue weighted by Gasteiger charge is 2.18. The molecule has 3 aromatic rings. The summed E-state index contributed by atoms with van der Waals surface area (Å²) in [5.74, 6) is -1.13. The zero-order valence-corrected chi connectivity index (χ0v) is 17.5. The number of halogens is 2. The molecule has 6 nitrogen and oxygen atoms in total. The van der Waals surface area contributed by atoms with Gasteiger partial charge in [-0.3, -0.25) is 4.79 Å². The van der Waals surface area contributed by atoms with Gasteiger partial charge in [0.25, 0.3) is 5.91 Å². The van der Waals surface area contributed by atoms with Crippen molar-refractivity contribution in [3.63, 3.8) is 0 Å². The third-order valence-corrected chi connectivity index (χ3v) is 4.86. The summed E-state index contributed by atoms with van der Waals surface area (Å²) >= 11 is 9.28. The summed E-state index contributed by atoms with van der Waals surface area (Å²) in [7, 11) is 0. The van der Waals surface area contributed by atoms with Crippen LogP contribution in [0.2, 0.25) is 5.02 Å². The van der Waals surface area contributed by atoms with Gasteiger partial charge in [-0.2, -0.15) is 5.10 Å². The molecule has 0 bridgehead atoms. The molecule has 0 aliphatic heterocycles. The predicted molar refractivity (Wildman–Crippen MR) is 111 cm³/mol. The van der Waals surface area contributed by atoms with E-state index in [9.17, 15) is 9.59 Å². The lowest BCUT2D eigenvalue weighted by Crippen LogP contribution is -2.21. The first-order valence-electron chi connectivity index (χ1n) is 8.40. The molecule has 0 aliphatic rings.